The maximum atomic E-state index is 12.1. The highest BCUT2D eigenvalue weighted by molar-refractivity contribution is 6.06. The lowest BCUT2D eigenvalue weighted by molar-refractivity contribution is -0.140. The Kier molecular flexibility index (Phi) is 2.32. The summed E-state index contributed by atoms with van der Waals surface area (Å²) in [6.45, 7) is 2.38. The van der Waals surface area contributed by atoms with E-state index in [0.29, 0.717) is 13.0 Å². The zero-order valence-electron chi connectivity index (χ0n) is 9.74. The molecule has 0 aromatic heterocycles. The highest BCUT2D eigenvalue weighted by Crippen LogP contribution is 2.56. The summed E-state index contributed by atoms with van der Waals surface area (Å²) in [5.41, 5.74) is 0. The van der Waals surface area contributed by atoms with Gasteiger partial charge in [0.25, 0.3) is 0 Å². The van der Waals surface area contributed by atoms with E-state index < -0.39 is 12.2 Å². The van der Waals surface area contributed by atoms with Gasteiger partial charge in [-0.2, -0.15) is 0 Å². The van der Waals surface area contributed by atoms with Crippen molar-refractivity contribution in [2.24, 2.45) is 23.7 Å². The number of likely N-dealkylation sites (tertiary alicyclic amines) is 1. The molecule has 2 N–H and O–H groups in total. The Hall–Kier alpha value is -0.940. The number of rotatable bonds is 2. The number of aliphatic hydroxyl groups excluding tert-OH is 2. The van der Waals surface area contributed by atoms with Crippen LogP contribution in [0.4, 0.5) is 0 Å². The fourth-order valence-electron chi connectivity index (χ4n) is 3.94. The first-order valence-corrected chi connectivity index (χ1v) is 6.29. The van der Waals surface area contributed by atoms with Crippen molar-refractivity contribution in [3.05, 3.63) is 0 Å². The zero-order chi connectivity index (χ0) is 12.3. The molecule has 0 radical (unpaired) electrons. The lowest BCUT2D eigenvalue weighted by atomic mass is 9.78. The third-order valence-corrected chi connectivity index (χ3v) is 4.63. The number of carbonyl (C=O) groups excluding carboxylic acids is 2. The summed E-state index contributed by atoms with van der Waals surface area (Å²) in [5, 5.41) is 19.6. The molecule has 3 aliphatic rings. The Morgan fingerprint density at radius 3 is 2.00 bits per heavy atom. The third-order valence-electron chi connectivity index (χ3n) is 4.63. The summed E-state index contributed by atoms with van der Waals surface area (Å²) in [6.07, 6.45) is -0.314. The van der Waals surface area contributed by atoms with E-state index in [4.69, 9.17) is 0 Å². The molecule has 94 valence electrons. The molecule has 0 aromatic carbocycles. The molecule has 2 bridgehead atoms. The van der Waals surface area contributed by atoms with Crippen molar-refractivity contribution in [3.63, 3.8) is 0 Å². The van der Waals surface area contributed by atoms with Crippen LogP contribution in [0.2, 0.25) is 0 Å². The minimum atomic E-state index is -0.834. The van der Waals surface area contributed by atoms with Gasteiger partial charge in [-0.1, -0.05) is 6.92 Å². The van der Waals surface area contributed by atoms with Crippen LogP contribution in [0.5, 0.6) is 0 Å². The number of carbonyl (C=O) groups is 2. The van der Waals surface area contributed by atoms with Gasteiger partial charge in [-0.3, -0.25) is 14.5 Å². The molecule has 1 aliphatic heterocycles. The van der Waals surface area contributed by atoms with Crippen LogP contribution in [0.25, 0.3) is 0 Å². The maximum absolute atomic E-state index is 12.1. The molecule has 0 aromatic rings. The molecule has 2 amide bonds. The normalized spacial score (nSPS) is 48.1. The van der Waals surface area contributed by atoms with Gasteiger partial charge in [0, 0.05) is 18.4 Å². The quantitative estimate of drug-likeness (QED) is 0.629. The molecular weight excluding hydrogens is 222 g/mol. The molecule has 6 atom stereocenters. The van der Waals surface area contributed by atoms with Gasteiger partial charge in [0.1, 0.15) is 0 Å². The number of imide groups is 1. The Balaban J connectivity index is 1.92. The van der Waals surface area contributed by atoms with Gasteiger partial charge in [-0.25, -0.2) is 0 Å². The van der Waals surface area contributed by atoms with Crippen LogP contribution in [0.1, 0.15) is 19.8 Å². The first-order valence-electron chi connectivity index (χ1n) is 6.29. The van der Waals surface area contributed by atoms with Crippen molar-refractivity contribution in [2.75, 3.05) is 6.54 Å². The number of nitrogens with zero attached hydrogens (tertiary/aromatic N) is 1. The minimum Gasteiger partial charge on any atom is -0.390 e. The van der Waals surface area contributed by atoms with Crippen molar-refractivity contribution < 1.29 is 19.8 Å². The van der Waals surface area contributed by atoms with Gasteiger partial charge in [-0.05, 0) is 12.8 Å². The predicted octanol–water partition coefficient (Wildman–Crippen LogP) is -0.631. The van der Waals surface area contributed by atoms with Crippen molar-refractivity contribution in [1.29, 1.82) is 0 Å². The first kappa shape index (κ1) is 11.2. The topological polar surface area (TPSA) is 77.8 Å². The molecule has 2 saturated carbocycles. The Labute approximate surface area is 99.4 Å². The van der Waals surface area contributed by atoms with Crippen molar-refractivity contribution in [1.82, 2.24) is 4.90 Å². The second kappa shape index (κ2) is 3.53. The van der Waals surface area contributed by atoms with Crippen LogP contribution >= 0.6 is 0 Å². The Bertz CT molecular complexity index is 351. The van der Waals surface area contributed by atoms with Crippen molar-refractivity contribution in [2.45, 2.75) is 32.0 Å². The monoisotopic (exact) mass is 239 g/mol. The van der Waals surface area contributed by atoms with Gasteiger partial charge >= 0.3 is 0 Å². The van der Waals surface area contributed by atoms with E-state index in [1.54, 1.807) is 0 Å². The molecule has 6 unspecified atom stereocenters. The zero-order valence-corrected chi connectivity index (χ0v) is 9.74. The molecule has 0 spiro atoms. The summed E-state index contributed by atoms with van der Waals surface area (Å²) in [7, 11) is 0. The lowest BCUT2D eigenvalue weighted by Gasteiger charge is -2.29. The second-order valence-electron chi connectivity index (χ2n) is 5.42. The average molecular weight is 239 g/mol. The van der Waals surface area contributed by atoms with Gasteiger partial charge in [-0.15, -0.1) is 0 Å². The first-order chi connectivity index (χ1) is 8.07. The van der Waals surface area contributed by atoms with Crippen LogP contribution in [-0.2, 0) is 9.59 Å². The van der Waals surface area contributed by atoms with Gasteiger partial charge < -0.3 is 10.2 Å². The summed E-state index contributed by atoms with van der Waals surface area (Å²) in [5.74, 6) is -1.48. The van der Waals surface area contributed by atoms with Crippen LogP contribution in [-0.4, -0.2) is 45.7 Å². The summed E-state index contributed by atoms with van der Waals surface area (Å²) in [6, 6.07) is 0. The SMILES string of the molecule is CCCN1C(=O)C2C3CC(C(O)C3O)C2C1=O. The smallest absolute Gasteiger partial charge is 0.233 e. The van der Waals surface area contributed by atoms with Crippen LogP contribution in [0.15, 0.2) is 0 Å². The van der Waals surface area contributed by atoms with Crippen LogP contribution in [0, 0.1) is 23.7 Å². The Morgan fingerprint density at radius 1 is 1.12 bits per heavy atom. The number of hydrogen-bond acceptors (Lipinski definition) is 4. The summed E-state index contributed by atoms with van der Waals surface area (Å²) >= 11 is 0. The van der Waals surface area contributed by atoms with Gasteiger partial charge in [0.2, 0.25) is 11.8 Å². The van der Waals surface area contributed by atoms with Crippen LogP contribution in [0.3, 0.4) is 0 Å². The van der Waals surface area contributed by atoms with Gasteiger partial charge in [0.05, 0.1) is 24.0 Å². The molecular formula is C12H17NO4. The van der Waals surface area contributed by atoms with E-state index in [2.05, 4.69) is 0 Å². The highest BCUT2D eigenvalue weighted by atomic mass is 16.3. The highest BCUT2D eigenvalue weighted by Gasteiger charge is 2.66. The number of hydrogen-bond donors (Lipinski definition) is 2. The number of aliphatic hydroxyl groups is 2. The summed E-state index contributed by atoms with van der Waals surface area (Å²) in [4.78, 5) is 25.6. The van der Waals surface area contributed by atoms with E-state index in [9.17, 15) is 19.8 Å². The molecule has 1 heterocycles. The van der Waals surface area contributed by atoms with E-state index in [1.807, 2.05) is 6.92 Å². The standard InChI is InChI=1S/C12H17NO4/c1-2-3-13-11(16)7-5-4-6(8(7)12(13)17)10(15)9(5)14/h5-10,14-15H,2-4H2,1H3. The van der Waals surface area contributed by atoms with E-state index in [1.165, 1.54) is 4.90 Å². The lowest BCUT2D eigenvalue weighted by Crippen LogP contribution is -2.43. The van der Waals surface area contributed by atoms with Gasteiger partial charge in [0.15, 0.2) is 0 Å². The maximum Gasteiger partial charge on any atom is 0.233 e. The fraction of sp³-hybridized carbons (Fsp3) is 0.833. The van der Waals surface area contributed by atoms with Crippen molar-refractivity contribution >= 4 is 11.8 Å². The molecule has 1 saturated heterocycles. The number of amides is 2. The van der Waals surface area contributed by atoms with Crippen molar-refractivity contribution in [3.8, 4) is 0 Å². The molecule has 17 heavy (non-hydrogen) atoms. The average Bonchev–Trinajstić information content (AvgIpc) is 2.89. The van der Waals surface area contributed by atoms with E-state index >= 15 is 0 Å². The van der Waals surface area contributed by atoms with E-state index in [-0.39, 0.29) is 35.5 Å². The molecule has 5 nitrogen and oxygen atoms in total. The number of fused-ring (bicyclic) bond motifs is 5. The molecule has 5 heteroatoms. The third kappa shape index (κ3) is 1.21. The van der Waals surface area contributed by atoms with Crippen LogP contribution < -0.4 is 0 Å². The fourth-order valence-corrected chi connectivity index (χ4v) is 3.94. The minimum absolute atomic E-state index is 0.139. The molecule has 2 aliphatic carbocycles. The summed E-state index contributed by atoms with van der Waals surface area (Å²) < 4.78 is 0. The predicted molar refractivity (Wildman–Crippen MR) is 57.6 cm³/mol. The molecule has 3 fully saturated rings. The Morgan fingerprint density at radius 2 is 1.59 bits per heavy atom. The van der Waals surface area contributed by atoms with E-state index in [0.717, 1.165) is 6.42 Å². The largest absolute Gasteiger partial charge is 0.390 e. The second-order valence-corrected chi connectivity index (χ2v) is 5.42. The molecule has 3 rings (SSSR count).